The Labute approximate surface area is 203 Å². The number of fused-ring (bicyclic) bond motifs is 5. The predicted molar refractivity (Wildman–Crippen MR) is 134 cm³/mol. The minimum atomic E-state index is -0.711. The second-order valence-electron chi connectivity index (χ2n) is 8.77. The van der Waals surface area contributed by atoms with Crippen molar-refractivity contribution >= 4 is 28.0 Å². The quantitative estimate of drug-likeness (QED) is 0.273. The lowest BCUT2D eigenvalue weighted by Gasteiger charge is -2.16. The van der Waals surface area contributed by atoms with Gasteiger partial charge in [0.1, 0.15) is 11.5 Å². The van der Waals surface area contributed by atoms with Gasteiger partial charge in [0.25, 0.3) is 5.91 Å². The number of imidazole rings is 1. The highest BCUT2D eigenvalue weighted by Crippen LogP contribution is 2.47. The first-order valence-corrected chi connectivity index (χ1v) is 11.4. The Hall–Kier alpha value is -4.98. The number of aromatic amines is 2. The lowest BCUT2D eigenvalue weighted by atomic mass is 9.98. The zero-order chi connectivity index (χ0) is 24.4. The van der Waals surface area contributed by atoms with Crippen LogP contribution in [0.15, 0.2) is 79.1 Å². The Kier molecular flexibility index (Phi) is 4.26. The molecule has 7 rings (SSSR count). The Bertz CT molecular complexity index is 1800. The number of halogens is 1. The van der Waals surface area contributed by atoms with Gasteiger partial charge in [0.2, 0.25) is 0 Å². The molecular formula is C28H18FN5O2. The van der Waals surface area contributed by atoms with E-state index in [2.05, 4.69) is 25.3 Å². The average molecular weight is 475 g/mol. The molecule has 7 nitrogen and oxygen atoms in total. The molecule has 4 N–H and O–H groups in total. The number of benzene rings is 3. The van der Waals surface area contributed by atoms with E-state index >= 15 is 0 Å². The summed E-state index contributed by atoms with van der Waals surface area (Å²) in [5, 5.41) is 13.7. The SMILES string of the molecule is O=C(N[C@@H]1c2ccccc2-c2c(-c3nc4cc(O)c(F)cc4[nH]3)cccc21)c1ccnc2[nH]ccc12. The molecule has 1 amide bonds. The smallest absolute Gasteiger partial charge is 0.252 e. The number of aromatic nitrogens is 4. The molecule has 0 fully saturated rings. The molecule has 3 aromatic carbocycles. The van der Waals surface area contributed by atoms with Gasteiger partial charge in [-0.05, 0) is 34.4 Å². The number of carbonyl (C=O) groups is 1. The maximum absolute atomic E-state index is 13.9. The number of aromatic hydroxyl groups is 1. The summed E-state index contributed by atoms with van der Waals surface area (Å²) in [6.07, 6.45) is 3.38. The summed E-state index contributed by atoms with van der Waals surface area (Å²) in [4.78, 5) is 28.6. The number of nitrogens with one attached hydrogen (secondary N) is 3. The molecule has 0 radical (unpaired) electrons. The zero-order valence-electron chi connectivity index (χ0n) is 18.7. The van der Waals surface area contributed by atoms with Gasteiger partial charge in [-0.2, -0.15) is 0 Å². The maximum Gasteiger partial charge on any atom is 0.252 e. The number of hydrogen-bond donors (Lipinski definition) is 4. The second-order valence-corrected chi connectivity index (χ2v) is 8.77. The van der Waals surface area contributed by atoms with E-state index in [1.54, 1.807) is 18.5 Å². The fourth-order valence-electron chi connectivity index (χ4n) is 5.12. The van der Waals surface area contributed by atoms with Crippen molar-refractivity contribution in [2.75, 3.05) is 0 Å². The number of rotatable bonds is 3. The highest BCUT2D eigenvalue weighted by molar-refractivity contribution is 6.06. The number of pyridine rings is 1. The number of H-pyrrole nitrogens is 2. The molecular weight excluding hydrogens is 457 g/mol. The second kappa shape index (κ2) is 7.51. The highest BCUT2D eigenvalue weighted by atomic mass is 19.1. The topological polar surface area (TPSA) is 107 Å². The van der Waals surface area contributed by atoms with Gasteiger partial charge in [-0.1, -0.05) is 42.5 Å². The van der Waals surface area contributed by atoms with Crippen LogP contribution >= 0.6 is 0 Å². The van der Waals surface area contributed by atoms with Gasteiger partial charge in [0.05, 0.1) is 22.6 Å². The van der Waals surface area contributed by atoms with Crippen LogP contribution in [0.3, 0.4) is 0 Å². The molecule has 0 bridgehead atoms. The van der Waals surface area contributed by atoms with Crippen LogP contribution in [0, 0.1) is 5.82 Å². The van der Waals surface area contributed by atoms with Crippen LogP contribution in [0.2, 0.25) is 0 Å². The summed E-state index contributed by atoms with van der Waals surface area (Å²) in [5.74, 6) is -0.803. The summed E-state index contributed by atoms with van der Waals surface area (Å²) < 4.78 is 13.9. The Morgan fingerprint density at radius 3 is 2.75 bits per heavy atom. The van der Waals surface area contributed by atoms with Crippen LogP contribution < -0.4 is 5.32 Å². The number of phenolic OH excluding ortho intramolecular Hbond substituents is 1. The molecule has 6 aromatic rings. The van der Waals surface area contributed by atoms with E-state index in [9.17, 15) is 14.3 Å². The molecule has 0 saturated carbocycles. The summed E-state index contributed by atoms with van der Waals surface area (Å²) in [5.41, 5.74) is 6.83. The predicted octanol–water partition coefficient (Wildman–Crippen LogP) is 5.45. The van der Waals surface area contributed by atoms with Crippen molar-refractivity contribution in [2.45, 2.75) is 6.04 Å². The van der Waals surface area contributed by atoms with E-state index < -0.39 is 11.6 Å². The van der Waals surface area contributed by atoms with Crippen molar-refractivity contribution in [2.24, 2.45) is 0 Å². The van der Waals surface area contributed by atoms with Gasteiger partial charge in [-0.25, -0.2) is 14.4 Å². The van der Waals surface area contributed by atoms with E-state index in [0.717, 1.165) is 33.2 Å². The largest absolute Gasteiger partial charge is 0.505 e. The molecule has 3 heterocycles. The standard InChI is InChI=1S/C28H18FN5O2/c29-20-12-21-22(13-23(20)35)33-27(32-21)19-7-3-6-18-24(19)14-4-1-2-5-15(14)25(18)34-28(36)17-9-11-31-26-16(17)8-10-30-26/h1-13,25,35H,(H,30,31)(H,32,33)(H,34,36)/t25-/m1/s1. The normalized spacial score (nSPS) is 14.2. The van der Waals surface area contributed by atoms with E-state index in [1.165, 1.54) is 12.1 Å². The molecule has 0 aliphatic heterocycles. The first kappa shape index (κ1) is 20.4. The van der Waals surface area contributed by atoms with Crippen LogP contribution in [0.1, 0.15) is 27.5 Å². The summed E-state index contributed by atoms with van der Waals surface area (Å²) in [6.45, 7) is 0. The van der Waals surface area contributed by atoms with Gasteiger partial charge in [0, 0.05) is 35.5 Å². The Balaban J connectivity index is 1.36. The molecule has 0 saturated heterocycles. The van der Waals surface area contributed by atoms with E-state index in [1.807, 2.05) is 48.5 Å². The molecule has 0 spiro atoms. The highest BCUT2D eigenvalue weighted by Gasteiger charge is 2.32. The third kappa shape index (κ3) is 2.94. The van der Waals surface area contributed by atoms with Gasteiger partial charge < -0.3 is 20.4 Å². The minimum Gasteiger partial charge on any atom is -0.505 e. The molecule has 8 heteroatoms. The summed E-state index contributed by atoms with van der Waals surface area (Å²) in [7, 11) is 0. The van der Waals surface area contributed by atoms with Crippen molar-refractivity contribution in [3.05, 3.63) is 102 Å². The minimum absolute atomic E-state index is 0.199. The molecule has 0 unspecified atom stereocenters. The average Bonchev–Trinajstić information content (AvgIpc) is 3.60. The first-order valence-electron chi connectivity index (χ1n) is 11.4. The molecule has 1 aliphatic carbocycles. The van der Waals surface area contributed by atoms with Crippen molar-refractivity contribution in [1.82, 2.24) is 25.3 Å². The molecule has 1 aliphatic rings. The van der Waals surface area contributed by atoms with Gasteiger partial charge in [-0.3, -0.25) is 4.79 Å². The molecule has 174 valence electrons. The Morgan fingerprint density at radius 1 is 1.00 bits per heavy atom. The number of carbonyl (C=O) groups excluding carboxylic acids is 1. The van der Waals surface area contributed by atoms with Crippen LogP contribution in [-0.4, -0.2) is 30.9 Å². The van der Waals surface area contributed by atoms with Crippen LogP contribution in [0.4, 0.5) is 4.39 Å². The monoisotopic (exact) mass is 475 g/mol. The first-order chi connectivity index (χ1) is 17.6. The van der Waals surface area contributed by atoms with E-state index in [4.69, 9.17) is 0 Å². The zero-order valence-corrected chi connectivity index (χ0v) is 18.7. The van der Waals surface area contributed by atoms with Crippen molar-refractivity contribution in [1.29, 1.82) is 0 Å². The fraction of sp³-hybridized carbons (Fsp3) is 0.0357. The third-order valence-electron chi connectivity index (χ3n) is 6.73. The number of phenols is 1. The number of nitrogens with zero attached hydrogens (tertiary/aromatic N) is 2. The van der Waals surface area contributed by atoms with E-state index in [0.29, 0.717) is 28.1 Å². The van der Waals surface area contributed by atoms with Crippen molar-refractivity contribution in [3.8, 4) is 28.3 Å². The van der Waals surface area contributed by atoms with Crippen molar-refractivity contribution in [3.63, 3.8) is 0 Å². The van der Waals surface area contributed by atoms with Crippen LogP contribution in [-0.2, 0) is 0 Å². The van der Waals surface area contributed by atoms with Gasteiger partial charge in [-0.15, -0.1) is 0 Å². The van der Waals surface area contributed by atoms with Crippen molar-refractivity contribution < 1.29 is 14.3 Å². The summed E-state index contributed by atoms with van der Waals surface area (Å²) >= 11 is 0. The summed E-state index contributed by atoms with van der Waals surface area (Å²) in [6, 6.07) is 19.5. The lowest BCUT2D eigenvalue weighted by molar-refractivity contribution is 0.0945. The van der Waals surface area contributed by atoms with Gasteiger partial charge in [0.15, 0.2) is 11.6 Å². The third-order valence-corrected chi connectivity index (χ3v) is 6.73. The molecule has 1 atom stereocenters. The molecule has 3 aromatic heterocycles. The maximum atomic E-state index is 13.9. The fourth-order valence-corrected chi connectivity index (χ4v) is 5.12. The van der Waals surface area contributed by atoms with E-state index in [-0.39, 0.29) is 11.9 Å². The Morgan fingerprint density at radius 2 is 1.83 bits per heavy atom. The van der Waals surface area contributed by atoms with Crippen LogP contribution in [0.25, 0.3) is 44.6 Å². The van der Waals surface area contributed by atoms with Gasteiger partial charge >= 0.3 is 0 Å². The molecule has 36 heavy (non-hydrogen) atoms. The van der Waals surface area contributed by atoms with Crippen LogP contribution in [0.5, 0.6) is 5.75 Å². The number of amides is 1. The lowest BCUT2D eigenvalue weighted by Crippen LogP contribution is -2.28. The number of hydrogen-bond acceptors (Lipinski definition) is 4.